The number of benzene rings is 2. The second-order valence-corrected chi connectivity index (χ2v) is 7.36. The van der Waals surface area contributed by atoms with Gasteiger partial charge in [-0.05, 0) is 36.5 Å². The van der Waals surface area contributed by atoms with E-state index >= 15 is 0 Å². The summed E-state index contributed by atoms with van der Waals surface area (Å²) in [6.07, 6.45) is 2.15. The highest BCUT2D eigenvalue weighted by molar-refractivity contribution is 5.89. The lowest BCUT2D eigenvalue weighted by molar-refractivity contribution is -0.129. The Kier molecular flexibility index (Phi) is 6.28. The lowest BCUT2D eigenvalue weighted by Gasteiger charge is -2.16. The molecule has 4 nitrogen and oxygen atoms in total. The Labute approximate surface area is 161 Å². The number of aryl methyl sites for hydroxylation is 2. The van der Waals surface area contributed by atoms with Gasteiger partial charge in [-0.2, -0.15) is 0 Å². The van der Waals surface area contributed by atoms with Crippen molar-refractivity contribution in [3.63, 3.8) is 0 Å². The Morgan fingerprint density at radius 1 is 1.04 bits per heavy atom. The van der Waals surface area contributed by atoms with E-state index in [0.717, 1.165) is 18.4 Å². The Morgan fingerprint density at radius 2 is 1.67 bits per heavy atom. The van der Waals surface area contributed by atoms with Crippen molar-refractivity contribution in [2.75, 3.05) is 13.1 Å². The topological polar surface area (TPSA) is 49.4 Å². The van der Waals surface area contributed by atoms with E-state index in [0.29, 0.717) is 26.1 Å². The highest BCUT2D eigenvalue weighted by Gasteiger charge is 2.33. The number of nitrogens with one attached hydrogen (secondary N) is 1. The van der Waals surface area contributed by atoms with Crippen molar-refractivity contribution in [3.8, 4) is 0 Å². The molecule has 0 aliphatic carbocycles. The van der Waals surface area contributed by atoms with E-state index in [1.54, 1.807) is 0 Å². The van der Waals surface area contributed by atoms with E-state index in [-0.39, 0.29) is 17.7 Å². The van der Waals surface area contributed by atoms with Crippen LogP contribution >= 0.6 is 0 Å². The fourth-order valence-corrected chi connectivity index (χ4v) is 3.41. The summed E-state index contributed by atoms with van der Waals surface area (Å²) in [6, 6.07) is 16.7. The fraction of sp³-hybridized carbons (Fsp3) is 0.391. The van der Waals surface area contributed by atoms with Gasteiger partial charge < -0.3 is 10.2 Å². The predicted molar refractivity (Wildman–Crippen MR) is 107 cm³/mol. The predicted octanol–water partition coefficient (Wildman–Crippen LogP) is 3.26. The van der Waals surface area contributed by atoms with Gasteiger partial charge in [0.2, 0.25) is 11.8 Å². The van der Waals surface area contributed by atoms with Crippen LogP contribution in [-0.4, -0.2) is 29.8 Å². The van der Waals surface area contributed by atoms with Crippen molar-refractivity contribution in [3.05, 3.63) is 70.8 Å². The Hall–Kier alpha value is -2.62. The molecule has 1 aliphatic rings. The van der Waals surface area contributed by atoms with E-state index in [9.17, 15) is 9.59 Å². The van der Waals surface area contributed by atoms with Gasteiger partial charge in [-0.25, -0.2) is 0 Å². The van der Waals surface area contributed by atoms with Gasteiger partial charge in [-0.15, -0.1) is 0 Å². The average Bonchev–Trinajstić information content (AvgIpc) is 3.07. The number of nitrogens with zero attached hydrogens (tertiary/aromatic N) is 1. The van der Waals surface area contributed by atoms with Crippen molar-refractivity contribution in [2.24, 2.45) is 5.92 Å². The summed E-state index contributed by atoms with van der Waals surface area (Å²) in [5.41, 5.74) is 4.82. The first-order valence-corrected chi connectivity index (χ1v) is 9.74. The standard InChI is InChI=1S/C23H28N2O2/c1-3-18-8-10-20(11-9-18)15-24-23(27)21-14-22(26)25(16-21)13-12-19-6-4-17(2)5-7-19/h4-11,21H,3,12-16H2,1-2H3,(H,24,27)/t21-/m0/s1. The fourth-order valence-electron chi connectivity index (χ4n) is 3.41. The Balaban J connectivity index is 1.47. The van der Waals surface area contributed by atoms with E-state index < -0.39 is 0 Å². The SMILES string of the molecule is CCc1ccc(CNC(=O)[C@H]2CC(=O)N(CCc3ccc(C)cc3)C2)cc1. The first-order valence-electron chi connectivity index (χ1n) is 9.74. The third-order valence-electron chi connectivity index (χ3n) is 5.27. The van der Waals surface area contributed by atoms with Gasteiger partial charge in [0.25, 0.3) is 0 Å². The normalized spacial score (nSPS) is 16.6. The Bertz CT molecular complexity index is 781. The van der Waals surface area contributed by atoms with Crippen LogP contribution in [0, 0.1) is 12.8 Å². The van der Waals surface area contributed by atoms with Gasteiger partial charge >= 0.3 is 0 Å². The molecule has 1 N–H and O–H groups in total. The summed E-state index contributed by atoms with van der Waals surface area (Å²) in [5.74, 6) is -0.194. The van der Waals surface area contributed by atoms with Crippen LogP contribution in [-0.2, 0) is 29.0 Å². The van der Waals surface area contributed by atoms with Crippen LogP contribution < -0.4 is 5.32 Å². The monoisotopic (exact) mass is 364 g/mol. The van der Waals surface area contributed by atoms with E-state index in [2.05, 4.69) is 55.6 Å². The number of hydrogen-bond donors (Lipinski definition) is 1. The van der Waals surface area contributed by atoms with E-state index in [1.165, 1.54) is 16.7 Å². The van der Waals surface area contributed by atoms with Crippen LogP contribution in [0.25, 0.3) is 0 Å². The molecule has 1 heterocycles. The number of carbonyl (C=O) groups is 2. The molecule has 1 saturated heterocycles. The largest absolute Gasteiger partial charge is 0.352 e. The van der Waals surface area contributed by atoms with Crippen molar-refractivity contribution in [1.29, 1.82) is 0 Å². The first-order chi connectivity index (χ1) is 13.0. The molecule has 1 fully saturated rings. The Morgan fingerprint density at radius 3 is 2.33 bits per heavy atom. The number of amides is 2. The molecule has 2 aromatic rings. The minimum absolute atomic E-state index is 0.0271. The summed E-state index contributed by atoms with van der Waals surface area (Å²) in [5, 5.41) is 2.98. The summed E-state index contributed by atoms with van der Waals surface area (Å²) in [7, 11) is 0. The maximum absolute atomic E-state index is 12.5. The molecule has 2 aromatic carbocycles. The molecule has 0 saturated carbocycles. The van der Waals surface area contributed by atoms with Gasteiger partial charge in [0, 0.05) is 26.1 Å². The zero-order valence-corrected chi connectivity index (χ0v) is 16.2. The highest BCUT2D eigenvalue weighted by Crippen LogP contribution is 2.19. The van der Waals surface area contributed by atoms with Gasteiger partial charge in [-0.1, -0.05) is 61.0 Å². The minimum atomic E-state index is -0.245. The van der Waals surface area contributed by atoms with Crippen LogP contribution in [0.5, 0.6) is 0 Å². The van der Waals surface area contributed by atoms with Crippen LogP contribution in [0.15, 0.2) is 48.5 Å². The van der Waals surface area contributed by atoms with Gasteiger partial charge in [-0.3, -0.25) is 9.59 Å². The minimum Gasteiger partial charge on any atom is -0.352 e. The van der Waals surface area contributed by atoms with Crippen LogP contribution in [0.3, 0.4) is 0 Å². The van der Waals surface area contributed by atoms with Crippen molar-refractivity contribution >= 4 is 11.8 Å². The summed E-state index contributed by atoms with van der Waals surface area (Å²) >= 11 is 0. The summed E-state index contributed by atoms with van der Waals surface area (Å²) < 4.78 is 0. The highest BCUT2D eigenvalue weighted by atomic mass is 16.2. The van der Waals surface area contributed by atoms with Crippen molar-refractivity contribution in [2.45, 2.75) is 39.7 Å². The molecule has 1 aliphatic heterocycles. The molecular formula is C23H28N2O2. The van der Waals surface area contributed by atoms with Crippen molar-refractivity contribution < 1.29 is 9.59 Å². The third-order valence-corrected chi connectivity index (χ3v) is 5.27. The number of rotatable bonds is 7. The van der Waals surface area contributed by atoms with Crippen LogP contribution in [0.1, 0.15) is 35.6 Å². The second-order valence-electron chi connectivity index (χ2n) is 7.36. The summed E-state index contributed by atoms with van der Waals surface area (Å²) in [6.45, 7) is 5.89. The number of carbonyl (C=O) groups excluding carboxylic acids is 2. The molecule has 0 bridgehead atoms. The maximum atomic E-state index is 12.5. The zero-order chi connectivity index (χ0) is 19.2. The molecular weight excluding hydrogens is 336 g/mol. The maximum Gasteiger partial charge on any atom is 0.225 e. The molecule has 27 heavy (non-hydrogen) atoms. The average molecular weight is 364 g/mol. The molecule has 4 heteroatoms. The summed E-state index contributed by atoms with van der Waals surface area (Å²) in [4.78, 5) is 26.5. The lowest BCUT2D eigenvalue weighted by atomic mass is 10.1. The molecule has 3 rings (SSSR count). The van der Waals surface area contributed by atoms with Crippen molar-refractivity contribution in [1.82, 2.24) is 10.2 Å². The van der Waals surface area contributed by atoms with Crippen LogP contribution in [0.2, 0.25) is 0 Å². The molecule has 0 radical (unpaired) electrons. The quantitative estimate of drug-likeness (QED) is 0.820. The van der Waals surface area contributed by atoms with Gasteiger partial charge in [0.05, 0.1) is 5.92 Å². The van der Waals surface area contributed by atoms with E-state index in [4.69, 9.17) is 0 Å². The first kappa shape index (κ1) is 19.2. The molecule has 2 amide bonds. The molecule has 0 aromatic heterocycles. The second kappa shape index (κ2) is 8.85. The number of hydrogen-bond acceptors (Lipinski definition) is 2. The van der Waals surface area contributed by atoms with Gasteiger partial charge in [0.1, 0.15) is 0 Å². The number of likely N-dealkylation sites (tertiary alicyclic amines) is 1. The lowest BCUT2D eigenvalue weighted by Crippen LogP contribution is -2.33. The van der Waals surface area contributed by atoms with Crippen LogP contribution in [0.4, 0.5) is 0 Å². The molecule has 0 spiro atoms. The van der Waals surface area contributed by atoms with Gasteiger partial charge in [0.15, 0.2) is 0 Å². The van der Waals surface area contributed by atoms with E-state index in [1.807, 2.05) is 17.0 Å². The molecule has 0 unspecified atom stereocenters. The molecule has 1 atom stereocenters. The zero-order valence-electron chi connectivity index (χ0n) is 16.2. The smallest absolute Gasteiger partial charge is 0.225 e. The third kappa shape index (κ3) is 5.19. The molecule has 142 valence electrons.